The zero-order chi connectivity index (χ0) is 5.98. The van der Waals surface area contributed by atoms with Gasteiger partial charge in [-0.25, -0.2) is 0 Å². The largest absolute Gasteiger partial charge is 0.308 e. The molecule has 1 rings (SSSR count). The van der Waals surface area contributed by atoms with Crippen molar-refractivity contribution in [3.63, 3.8) is 0 Å². The van der Waals surface area contributed by atoms with Crippen LogP contribution < -0.4 is 5.32 Å². The first-order chi connectivity index (χ1) is 3.84. The Hall–Kier alpha value is -0.0400. The van der Waals surface area contributed by atoms with Crippen molar-refractivity contribution in [3.05, 3.63) is 0 Å². The Morgan fingerprint density at radius 2 is 2.12 bits per heavy atom. The van der Waals surface area contributed by atoms with Gasteiger partial charge in [0.25, 0.3) is 0 Å². The molecule has 1 aliphatic heterocycles. The fraction of sp³-hybridized carbons (Fsp3) is 1.00. The Labute approximate surface area is 51.5 Å². The van der Waals surface area contributed by atoms with E-state index in [1.165, 1.54) is 19.3 Å². The molecule has 2 atom stereocenters. The molecule has 0 amide bonds. The van der Waals surface area contributed by atoms with Crippen molar-refractivity contribution in [2.24, 2.45) is 0 Å². The van der Waals surface area contributed by atoms with Crippen LogP contribution in [0.4, 0.5) is 0 Å². The number of hydrogen-bond donors (Lipinski definition) is 1. The Morgan fingerprint density at radius 3 is 2.50 bits per heavy atom. The highest BCUT2D eigenvalue weighted by molar-refractivity contribution is 4.93. The maximum atomic E-state index is 3.37. The van der Waals surface area contributed by atoms with Crippen LogP contribution in [0, 0.1) is 0 Å². The van der Waals surface area contributed by atoms with Crippen LogP contribution in [0.15, 0.2) is 0 Å². The smallest absolute Gasteiger partial charge is 0.0221 e. The molecule has 0 saturated carbocycles. The molecule has 1 N–H and O–H groups in total. The van der Waals surface area contributed by atoms with Gasteiger partial charge in [0.05, 0.1) is 0 Å². The molecule has 1 nitrogen and oxygen atoms in total. The van der Waals surface area contributed by atoms with E-state index < -0.39 is 0 Å². The molecular weight excluding hydrogens is 98.1 g/mol. The normalized spacial score (nSPS) is 35.2. The van der Waals surface area contributed by atoms with Gasteiger partial charge in [-0.2, -0.15) is 0 Å². The number of nitrogens with one attached hydrogen (secondary N) is 1. The number of rotatable bonds is 3. The maximum absolute atomic E-state index is 3.37. The molecule has 1 heterocycles. The quantitative estimate of drug-likeness (QED) is 0.551. The van der Waals surface area contributed by atoms with Crippen LogP contribution in [0.1, 0.15) is 33.1 Å². The van der Waals surface area contributed by atoms with Crippen molar-refractivity contribution in [3.8, 4) is 0 Å². The van der Waals surface area contributed by atoms with Gasteiger partial charge < -0.3 is 5.32 Å². The summed E-state index contributed by atoms with van der Waals surface area (Å²) in [5.74, 6) is 0. The lowest BCUT2D eigenvalue weighted by Gasteiger charge is -1.89. The highest BCUT2D eigenvalue weighted by Crippen LogP contribution is 2.15. The molecule has 0 aliphatic carbocycles. The minimum Gasteiger partial charge on any atom is -0.308 e. The van der Waals surface area contributed by atoms with Gasteiger partial charge in [-0.3, -0.25) is 0 Å². The molecule has 0 aromatic heterocycles. The van der Waals surface area contributed by atoms with Gasteiger partial charge in [0.1, 0.15) is 0 Å². The number of hydrogen-bond acceptors (Lipinski definition) is 1. The maximum Gasteiger partial charge on any atom is 0.0221 e. The highest BCUT2D eigenvalue weighted by Gasteiger charge is 2.29. The van der Waals surface area contributed by atoms with E-state index >= 15 is 0 Å². The van der Waals surface area contributed by atoms with Gasteiger partial charge in [0.15, 0.2) is 0 Å². The molecule has 0 unspecified atom stereocenters. The van der Waals surface area contributed by atoms with E-state index in [1.54, 1.807) is 0 Å². The summed E-state index contributed by atoms with van der Waals surface area (Å²) in [7, 11) is 0. The lowest BCUT2D eigenvalue weighted by atomic mass is 10.2. The predicted molar refractivity (Wildman–Crippen MR) is 35.9 cm³/mol. The standard InChI is InChI=1S/C7H15N/c1-3-4-5-7-6(2)8-7/h6-8H,3-5H2,1-2H3/t6-,7-/m0/s1. The average Bonchev–Trinajstić information content (AvgIpc) is 2.42. The topological polar surface area (TPSA) is 21.9 Å². The van der Waals surface area contributed by atoms with E-state index in [4.69, 9.17) is 0 Å². The predicted octanol–water partition coefficient (Wildman–Crippen LogP) is 1.54. The fourth-order valence-corrected chi connectivity index (χ4v) is 1.04. The van der Waals surface area contributed by atoms with Crippen LogP contribution in [-0.2, 0) is 0 Å². The summed E-state index contributed by atoms with van der Waals surface area (Å²) >= 11 is 0. The fourth-order valence-electron chi connectivity index (χ4n) is 1.04. The van der Waals surface area contributed by atoms with Crippen LogP contribution in [-0.4, -0.2) is 12.1 Å². The third kappa shape index (κ3) is 1.48. The van der Waals surface area contributed by atoms with Crippen molar-refractivity contribution in [2.75, 3.05) is 0 Å². The lowest BCUT2D eigenvalue weighted by molar-refractivity contribution is 0.697. The summed E-state index contributed by atoms with van der Waals surface area (Å²) in [4.78, 5) is 0. The summed E-state index contributed by atoms with van der Waals surface area (Å²) in [5, 5.41) is 3.37. The van der Waals surface area contributed by atoms with Crippen LogP contribution in [0.25, 0.3) is 0 Å². The first kappa shape index (κ1) is 6.09. The second-order valence-electron chi connectivity index (χ2n) is 2.70. The number of unbranched alkanes of at least 4 members (excludes halogenated alkanes) is 1. The third-order valence-electron chi connectivity index (χ3n) is 1.84. The summed E-state index contributed by atoms with van der Waals surface area (Å²) in [6.45, 7) is 4.49. The van der Waals surface area contributed by atoms with E-state index in [0.29, 0.717) is 0 Å². The average molecular weight is 113 g/mol. The Bertz CT molecular complexity index is 70.8. The molecule has 48 valence electrons. The SMILES string of the molecule is CCCC[C@@H]1N[C@H]1C. The zero-order valence-electron chi connectivity index (χ0n) is 5.78. The first-order valence-corrected chi connectivity index (χ1v) is 3.60. The van der Waals surface area contributed by atoms with Gasteiger partial charge in [-0.05, 0) is 13.3 Å². The lowest BCUT2D eigenvalue weighted by Crippen LogP contribution is -1.89. The van der Waals surface area contributed by atoms with Crippen molar-refractivity contribution >= 4 is 0 Å². The minimum atomic E-state index is 0.821. The summed E-state index contributed by atoms with van der Waals surface area (Å²) in [6, 6.07) is 1.69. The molecule has 1 aliphatic rings. The van der Waals surface area contributed by atoms with E-state index in [1.807, 2.05) is 0 Å². The summed E-state index contributed by atoms with van der Waals surface area (Å²) in [6.07, 6.45) is 4.12. The van der Waals surface area contributed by atoms with Crippen molar-refractivity contribution in [2.45, 2.75) is 45.2 Å². The molecule has 0 radical (unpaired) electrons. The molecule has 1 fully saturated rings. The van der Waals surface area contributed by atoms with E-state index in [-0.39, 0.29) is 0 Å². The summed E-state index contributed by atoms with van der Waals surface area (Å²) in [5.41, 5.74) is 0. The molecule has 1 saturated heterocycles. The van der Waals surface area contributed by atoms with Crippen molar-refractivity contribution in [1.29, 1.82) is 0 Å². The van der Waals surface area contributed by atoms with Crippen LogP contribution >= 0.6 is 0 Å². The highest BCUT2D eigenvalue weighted by atomic mass is 15.1. The minimum absolute atomic E-state index is 0.821. The monoisotopic (exact) mass is 113 g/mol. The molecule has 0 aromatic carbocycles. The molecule has 1 heteroatoms. The van der Waals surface area contributed by atoms with Crippen molar-refractivity contribution in [1.82, 2.24) is 5.32 Å². The van der Waals surface area contributed by atoms with E-state index in [2.05, 4.69) is 19.2 Å². The molecule has 0 bridgehead atoms. The van der Waals surface area contributed by atoms with E-state index in [9.17, 15) is 0 Å². The second kappa shape index (κ2) is 2.49. The molecular formula is C7H15N. The van der Waals surface area contributed by atoms with Crippen LogP contribution in [0.2, 0.25) is 0 Å². The van der Waals surface area contributed by atoms with Gasteiger partial charge in [0.2, 0.25) is 0 Å². The molecule has 8 heavy (non-hydrogen) atoms. The van der Waals surface area contributed by atoms with Gasteiger partial charge in [-0.15, -0.1) is 0 Å². The van der Waals surface area contributed by atoms with Gasteiger partial charge in [0, 0.05) is 12.1 Å². The Morgan fingerprint density at radius 1 is 1.50 bits per heavy atom. The zero-order valence-corrected chi connectivity index (χ0v) is 5.78. The van der Waals surface area contributed by atoms with Gasteiger partial charge in [-0.1, -0.05) is 19.8 Å². The molecule has 0 aromatic rings. The van der Waals surface area contributed by atoms with E-state index in [0.717, 1.165) is 12.1 Å². The Balaban J connectivity index is 1.89. The van der Waals surface area contributed by atoms with Crippen molar-refractivity contribution < 1.29 is 0 Å². The van der Waals surface area contributed by atoms with Crippen LogP contribution in [0.5, 0.6) is 0 Å². The van der Waals surface area contributed by atoms with Crippen LogP contribution in [0.3, 0.4) is 0 Å². The molecule has 0 spiro atoms. The summed E-state index contributed by atoms with van der Waals surface area (Å²) < 4.78 is 0. The first-order valence-electron chi connectivity index (χ1n) is 3.60. The third-order valence-corrected chi connectivity index (χ3v) is 1.84. The Kier molecular flexibility index (Phi) is 1.90. The second-order valence-corrected chi connectivity index (χ2v) is 2.70. The van der Waals surface area contributed by atoms with Gasteiger partial charge >= 0.3 is 0 Å².